The van der Waals surface area contributed by atoms with E-state index in [2.05, 4.69) is 15.6 Å². The molecule has 0 unspecified atom stereocenters. The normalized spacial score (nSPS) is 18.8. The van der Waals surface area contributed by atoms with Crippen molar-refractivity contribution in [1.82, 2.24) is 15.5 Å². The van der Waals surface area contributed by atoms with Crippen molar-refractivity contribution in [2.24, 2.45) is 4.99 Å². The molecule has 0 aromatic heterocycles. The largest absolute Gasteiger partial charge is 0.354 e. The smallest absolute Gasteiger partial charge is 0.224 e. The molecule has 1 amide bonds. The van der Waals surface area contributed by atoms with E-state index >= 15 is 0 Å². The van der Waals surface area contributed by atoms with Gasteiger partial charge in [-0.1, -0.05) is 12.1 Å². The summed E-state index contributed by atoms with van der Waals surface area (Å²) in [6, 6.07) is 5.82. The third-order valence-electron chi connectivity index (χ3n) is 4.56. The van der Waals surface area contributed by atoms with Gasteiger partial charge in [0.2, 0.25) is 5.91 Å². The number of benzene rings is 1. The quantitative estimate of drug-likeness (QED) is 0.430. The lowest BCUT2D eigenvalue weighted by molar-refractivity contribution is -0.120. The number of nitrogens with one attached hydrogen (secondary N) is 2. The molecule has 0 aliphatic carbocycles. The van der Waals surface area contributed by atoms with Crippen molar-refractivity contribution in [2.45, 2.75) is 25.0 Å². The van der Waals surface area contributed by atoms with Gasteiger partial charge >= 0.3 is 0 Å². The molecule has 0 saturated carbocycles. The molecule has 1 aliphatic heterocycles. The molecule has 27 heavy (non-hydrogen) atoms. The van der Waals surface area contributed by atoms with Crippen LogP contribution in [-0.4, -0.2) is 68.9 Å². The Balaban J connectivity index is 1.76. The summed E-state index contributed by atoms with van der Waals surface area (Å²) in [5.41, 5.74) is 0.745. The number of carbonyl (C=O) groups excluding carboxylic acids is 1. The van der Waals surface area contributed by atoms with Crippen molar-refractivity contribution in [2.75, 3.05) is 39.0 Å². The van der Waals surface area contributed by atoms with Gasteiger partial charge in [0.25, 0.3) is 0 Å². The van der Waals surface area contributed by atoms with E-state index in [9.17, 15) is 17.6 Å². The lowest BCUT2D eigenvalue weighted by Crippen LogP contribution is -2.57. The lowest BCUT2D eigenvalue weighted by atomic mass is 10.1. The van der Waals surface area contributed by atoms with Gasteiger partial charge in [0.15, 0.2) is 15.8 Å². The fourth-order valence-corrected chi connectivity index (χ4v) is 4.25. The summed E-state index contributed by atoms with van der Waals surface area (Å²) in [6.45, 7) is 5.06. The molecular weight excluding hydrogens is 371 g/mol. The predicted molar refractivity (Wildman–Crippen MR) is 104 cm³/mol. The Kier molecular flexibility index (Phi) is 6.80. The zero-order valence-electron chi connectivity index (χ0n) is 16.0. The standard InChI is InChI=1S/C18H27FN4O3S/c1-18(2)13-23(10-11-27(18,25)26)17(20-3)22-9-8-21-16(24)12-14-4-6-15(19)7-5-14/h4-7H,8-13H2,1-3H3,(H,20,22)(H,21,24). The van der Waals surface area contributed by atoms with Crippen LogP contribution in [0.2, 0.25) is 0 Å². The first-order chi connectivity index (χ1) is 12.6. The molecule has 2 rings (SSSR count). The highest BCUT2D eigenvalue weighted by molar-refractivity contribution is 7.92. The molecule has 0 radical (unpaired) electrons. The summed E-state index contributed by atoms with van der Waals surface area (Å²) >= 11 is 0. The van der Waals surface area contributed by atoms with Crippen molar-refractivity contribution in [1.29, 1.82) is 0 Å². The van der Waals surface area contributed by atoms with Crippen LogP contribution in [-0.2, 0) is 21.1 Å². The Labute approximate surface area is 160 Å². The number of carbonyl (C=O) groups is 1. The molecule has 1 heterocycles. The van der Waals surface area contributed by atoms with Crippen molar-refractivity contribution in [3.05, 3.63) is 35.6 Å². The average Bonchev–Trinajstić information content (AvgIpc) is 2.60. The number of aliphatic imine (C=N–C) groups is 1. The van der Waals surface area contributed by atoms with Crippen molar-refractivity contribution < 1.29 is 17.6 Å². The minimum absolute atomic E-state index is 0.0924. The maximum Gasteiger partial charge on any atom is 0.224 e. The number of sulfone groups is 1. The summed E-state index contributed by atoms with van der Waals surface area (Å²) in [7, 11) is -1.47. The number of nitrogens with zero attached hydrogens (tertiary/aromatic N) is 2. The molecule has 0 spiro atoms. The third kappa shape index (κ3) is 5.66. The molecule has 1 fully saturated rings. The average molecular weight is 399 g/mol. The van der Waals surface area contributed by atoms with Crippen LogP contribution >= 0.6 is 0 Å². The monoisotopic (exact) mass is 398 g/mol. The molecule has 0 atom stereocenters. The molecule has 1 aliphatic rings. The zero-order valence-corrected chi connectivity index (χ0v) is 16.8. The molecule has 150 valence electrons. The van der Waals surface area contributed by atoms with E-state index < -0.39 is 14.6 Å². The van der Waals surface area contributed by atoms with E-state index in [0.29, 0.717) is 32.1 Å². The van der Waals surface area contributed by atoms with Gasteiger partial charge in [-0.2, -0.15) is 0 Å². The van der Waals surface area contributed by atoms with E-state index in [1.807, 2.05) is 4.90 Å². The van der Waals surface area contributed by atoms with Gasteiger partial charge in [-0.05, 0) is 31.5 Å². The highest BCUT2D eigenvalue weighted by atomic mass is 32.2. The Hall–Kier alpha value is -2.16. The molecule has 2 N–H and O–H groups in total. The fourth-order valence-electron chi connectivity index (χ4n) is 2.88. The molecule has 1 saturated heterocycles. The predicted octanol–water partition coefficient (Wildman–Crippen LogP) is 0.569. The first-order valence-corrected chi connectivity index (χ1v) is 10.5. The summed E-state index contributed by atoms with van der Waals surface area (Å²) in [6.07, 6.45) is 0.188. The number of hydrogen-bond acceptors (Lipinski definition) is 4. The molecule has 1 aromatic rings. The first kappa shape index (κ1) is 21.1. The van der Waals surface area contributed by atoms with Crippen LogP contribution in [0.4, 0.5) is 4.39 Å². The summed E-state index contributed by atoms with van der Waals surface area (Å²) < 4.78 is 36.3. The Bertz CT molecular complexity index is 791. The molecular formula is C18H27FN4O3S. The molecule has 7 nitrogen and oxygen atoms in total. The van der Waals surface area contributed by atoms with Crippen molar-refractivity contribution in [3.63, 3.8) is 0 Å². The Morgan fingerprint density at radius 3 is 2.44 bits per heavy atom. The lowest BCUT2D eigenvalue weighted by Gasteiger charge is -2.39. The topological polar surface area (TPSA) is 90.9 Å². The van der Waals surface area contributed by atoms with Crippen LogP contribution in [0.15, 0.2) is 29.3 Å². The molecule has 0 bridgehead atoms. The molecule has 9 heteroatoms. The van der Waals surface area contributed by atoms with Crippen LogP contribution < -0.4 is 10.6 Å². The van der Waals surface area contributed by atoms with Crippen LogP contribution in [0, 0.1) is 5.82 Å². The number of hydrogen-bond donors (Lipinski definition) is 2. The maximum absolute atomic E-state index is 12.9. The summed E-state index contributed by atoms with van der Waals surface area (Å²) in [5, 5.41) is 5.94. The van der Waals surface area contributed by atoms with Gasteiger partial charge in [0, 0.05) is 33.2 Å². The second-order valence-electron chi connectivity index (χ2n) is 7.13. The van der Waals surface area contributed by atoms with E-state index in [1.54, 1.807) is 33.0 Å². The second kappa shape index (κ2) is 8.69. The van der Waals surface area contributed by atoms with Crippen molar-refractivity contribution >= 4 is 21.7 Å². The number of rotatable bonds is 5. The number of guanidine groups is 1. The van der Waals surface area contributed by atoms with Crippen LogP contribution in [0.3, 0.4) is 0 Å². The zero-order chi connectivity index (χ0) is 20.1. The number of halogens is 1. The fraction of sp³-hybridized carbons (Fsp3) is 0.556. The van der Waals surface area contributed by atoms with E-state index in [4.69, 9.17) is 0 Å². The summed E-state index contributed by atoms with van der Waals surface area (Å²) in [4.78, 5) is 18.1. The van der Waals surface area contributed by atoms with Gasteiger partial charge < -0.3 is 15.5 Å². The third-order valence-corrected chi connectivity index (χ3v) is 7.10. The van der Waals surface area contributed by atoms with Crippen LogP contribution in [0.1, 0.15) is 19.4 Å². The highest BCUT2D eigenvalue weighted by Crippen LogP contribution is 2.23. The number of amides is 1. The van der Waals surface area contributed by atoms with Gasteiger partial charge in [-0.15, -0.1) is 0 Å². The Morgan fingerprint density at radius 1 is 1.22 bits per heavy atom. The highest BCUT2D eigenvalue weighted by Gasteiger charge is 2.40. The van der Waals surface area contributed by atoms with Gasteiger partial charge in [-0.3, -0.25) is 9.79 Å². The maximum atomic E-state index is 12.9. The Morgan fingerprint density at radius 2 is 1.85 bits per heavy atom. The summed E-state index contributed by atoms with van der Waals surface area (Å²) in [5.74, 6) is 0.229. The van der Waals surface area contributed by atoms with Crippen LogP contribution in [0.5, 0.6) is 0 Å². The van der Waals surface area contributed by atoms with Crippen molar-refractivity contribution in [3.8, 4) is 0 Å². The van der Waals surface area contributed by atoms with E-state index in [1.165, 1.54) is 12.1 Å². The van der Waals surface area contributed by atoms with E-state index in [-0.39, 0.29) is 23.9 Å². The van der Waals surface area contributed by atoms with Crippen LogP contribution in [0.25, 0.3) is 0 Å². The molecule has 1 aromatic carbocycles. The minimum atomic E-state index is -3.11. The van der Waals surface area contributed by atoms with E-state index in [0.717, 1.165) is 5.56 Å². The van der Waals surface area contributed by atoms with Gasteiger partial charge in [0.05, 0.1) is 16.9 Å². The SMILES string of the molecule is CN=C(NCCNC(=O)Cc1ccc(F)cc1)N1CCS(=O)(=O)C(C)(C)C1. The van der Waals surface area contributed by atoms with Gasteiger partial charge in [-0.25, -0.2) is 12.8 Å². The first-order valence-electron chi connectivity index (χ1n) is 8.84. The van der Waals surface area contributed by atoms with Gasteiger partial charge in [0.1, 0.15) is 5.82 Å². The minimum Gasteiger partial charge on any atom is -0.354 e. The second-order valence-corrected chi connectivity index (χ2v) is 9.87.